The van der Waals surface area contributed by atoms with Crippen molar-refractivity contribution in [1.82, 2.24) is 14.3 Å². The summed E-state index contributed by atoms with van der Waals surface area (Å²) in [5.74, 6) is 0.208. The second kappa shape index (κ2) is 8.87. The number of carbonyl (C=O) groups is 1. The Balaban J connectivity index is 1.77. The van der Waals surface area contributed by atoms with E-state index in [1.165, 1.54) is 22.6 Å². The van der Waals surface area contributed by atoms with E-state index in [0.717, 1.165) is 31.2 Å². The molecule has 2 fully saturated rings. The van der Waals surface area contributed by atoms with Gasteiger partial charge in [-0.05, 0) is 37.5 Å². The number of aliphatic hydroxyl groups is 1. The minimum atomic E-state index is -0.271. The molecule has 2 aliphatic rings. The lowest BCUT2D eigenvalue weighted by molar-refractivity contribution is -0.124. The molecular weight excluding hydrogens is 420 g/mol. The third kappa shape index (κ3) is 4.01. The zero-order valence-electron chi connectivity index (χ0n) is 16.8. The van der Waals surface area contributed by atoms with Gasteiger partial charge in [0, 0.05) is 18.8 Å². The van der Waals surface area contributed by atoms with Crippen molar-refractivity contribution in [3.8, 4) is 0 Å². The molecule has 7 nitrogen and oxygen atoms in total. The number of aryl methyl sites for hydroxylation is 1. The van der Waals surface area contributed by atoms with Crippen LogP contribution in [0.25, 0.3) is 11.7 Å². The molecule has 2 aromatic heterocycles. The summed E-state index contributed by atoms with van der Waals surface area (Å²) in [5, 5.41) is 12.2. The number of nitrogens with zero attached hydrogens (tertiary/aromatic N) is 3. The zero-order valence-corrected chi connectivity index (χ0v) is 18.4. The van der Waals surface area contributed by atoms with E-state index in [9.17, 15) is 14.7 Å². The van der Waals surface area contributed by atoms with Crippen LogP contribution in [0.1, 0.15) is 43.2 Å². The number of fused-ring (bicyclic) bond motifs is 1. The average Bonchev–Trinajstić information content (AvgIpc) is 3.03. The molecule has 0 radical (unpaired) electrons. The molecule has 1 saturated heterocycles. The van der Waals surface area contributed by atoms with Crippen molar-refractivity contribution >= 4 is 51.7 Å². The summed E-state index contributed by atoms with van der Waals surface area (Å²) in [6.45, 7) is 2.05. The number of anilines is 1. The average molecular weight is 445 g/mol. The summed E-state index contributed by atoms with van der Waals surface area (Å²) in [6.07, 6.45) is 8.64. The monoisotopic (exact) mass is 444 g/mol. The largest absolute Gasteiger partial charge is 0.395 e. The molecule has 2 N–H and O–H groups in total. The first-order valence-corrected chi connectivity index (χ1v) is 11.4. The molecule has 0 spiro atoms. The molecule has 0 bridgehead atoms. The Hall–Kier alpha value is -2.23. The van der Waals surface area contributed by atoms with Crippen LogP contribution in [0.5, 0.6) is 0 Å². The van der Waals surface area contributed by atoms with Gasteiger partial charge in [0.05, 0.1) is 17.1 Å². The van der Waals surface area contributed by atoms with E-state index in [1.54, 1.807) is 23.2 Å². The highest BCUT2D eigenvalue weighted by Crippen LogP contribution is 2.37. The summed E-state index contributed by atoms with van der Waals surface area (Å²) >= 11 is 6.74. The molecule has 4 rings (SSSR count). The van der Waals surface area contributed by atoms with E-state index in [2.05, 4.69) is 10.3 Å². The Morgan fingerprint density at radius 1 is 1.30 bits per heavy atom. The van der Waals surface area contributed by atoms with Gasteiger partial charge in [-0.3, -0.25) is 18.9 Å². The van der Waals surface area contributed by atoms with Gasteiger partial charge in [0.15, 0.2) is 0 Å². The minimum absolute atomic E-state index is 0.0990. The van der Waals surface area contributed by atoms with Gasteiger partial charge < -0.3 is 10.4 Å². The number of rotatable bonds is 5. The summed E-state index contributed by atoms with van der Waals surface area (Å²) < 4.78 is 2.03. The number of amides is 1. The fourth-order valence-corrected chi connectivity index (χ4v) is 5.35. The van der Waals surface area contributed by atoms with E-state index in [0.29, 0.717) is 20.7 Å². The SMILES string of the molecule is Cc1ccc2nc(NCCO)c(/C=C3/SC(=S)N(C4CCCCC4)C3=O)c(=O)n2c1. The Labute approximate surface area is 184 Å². The Bertz CT molecular complexity index is 1090. The molecule has 9 heteroatoms. The van der Waals surface area contributed by atoms with Crippen LogP contribution in [-0.4, -0.2) is 48.8 Å². The van der Waals surface area contributed by atoms with E-state index in [4.69, 9.17) is 12.2 Å². The van der Waals surface area contributed by atoms with E-state index >= 15 is 0 Å². The zero-order chi connectivity index (χ0) is 21.3. The van der Waals surface area contributed by atoms with Crippen molar-refractivity contribution in [1.29, 1.82) is 0 Å². The van der Waals surface area contributed by atoms with Crippen LogP contribution < -0.4 is 10.9 Å². The summed E-state index contributed by atoms with van der Waals surface area (Å²) in [6, 6.07) is 3.79. The molecule has 158 valence electrons. The Morgan fingerprint density at radius 3 is 2.80 bits per heavy atom. The van der Waals surface area contributed by atoms with Crippen molar-refractivity contribution in [2.24, 2.45) is 0 Å². The number of thiocarbonyl (C=S) groups is 1. The molecule has 1 aliphatic carbocycles. The van der Waals surface area contributed by atoms with Gasteiger partial charge in [0.1, 0.15) is 15.8 Å². The molecule has 0 atom stereocenters. The Kier molecular flexibility index (Phi) is 6.21. The summed E-state index contributed by atoms with van der Waals surface area (Å²) in [7, 11) is 0. The highest BCUT2D eigenvalue weighted by atomic mass is 32.2. The van der Waals surface area contributed by atoms with Crippen LogP contribution in [-0.2, 0) is 4.79 Å². The third-order valence-electron chi connectivity index (χ3n) is 5.45. The topological polar surface area (TPSA) is 86.9 Å². The molecule has 1 saturated carbocycles. The lowest BCUT2D eigenvalue weighted by atomic mass is 9.94. The third-order valence-corrected chi connectivity index (χ3v) is 6.78. The van der Waals surface area contributed by atoms with Gasteiger partial charge in [-0.2, -0.15) is 0 Å². The number of aromatic nitrogens is 2. The van der Waals surface area contributed by atoms with E-state index < -0.39 is 0 Å². The molecule has 0 aromatic carbocycles. The second-order valence-electron chi connectivity index (χ2n) is 7.61. The van der Waals surface area contributed by atoms with Crippen molar-refractivity contribution < 1.29 is 9.90 Å². The smallest absolute Gasteiger partial charge is 0.267 e. The molecule has 1 aliphatic heterocycles. The molecular formula is C21H24N4O3S2. The summed E-state index contributed by atoms with van der Waals surface area (Å²) in [4.78, 5) is 33.1. The highest BCUT2D eigenvalue weighted by molar-refractivity contribution is 8.26. The fraction of sp³-hybridized carbons (Fsp3) is 0.429. The molecule has 1 amide bonds. The normalized spacial score (nSPS) is 19.3. The number of thioether (sulfide) groups is 1. The van der Waals surface area contributed by atoms with Crippen LogP contribution in [0.15, 0.2) is 28.0 Å². The van der Waals surface area contributed by atoms with Crippen LogP contribution in [0, 0.1) is 6.92 Å². The lowest BCUT2D eigenvalue weighted by Gasteiger charge is -2.29. The number of aliphatic hydroxyl groups excluding tert-OH is 1. The van der Waals surface area contributed by atoms with Crippen LogP contribution in [0.4, 0.5) is 5.82 Å². The molecule has 2 aromatic rings. The number of hydrogen-bond acceptors (Lipinski definition) is 7. The maximum absolute atomic E-state index is 13.2. The Morgan fingerprint density at radius 2 is 2.07 bits per heavy atom. The fourth-order valence-electron chi connectivity index (χ4n) is 3.96. The van der Waals surface area contributed by atoms with Gasteiger partial charge in [0.2, 0.25) is 0 Å². The first kappa shape index (κ1) is 21.0. The van der Waals surface area contributed by atoms with E-state index in [1.807, 2.05) is 13.0 Å². The molecule has 30 heavy (non-hydrogen) atoms. The van der Waals surface area contributed by atoms with Crippen LogP contribution in [0.3, 0.4) is 0 Å². The van der Waals surface area contributed by atoms with Crippen LogP contribution >= 0.6 is 24.0 Å². The number of nitrogens with one attached hydrogen (secondary N) is 1. The number of carbonyl (C=O) groups excluding carboxylic acids is 1. The van der Waals surface area contributed by atoms with Gasteiger partial charge in [0.25, 0.3) is 11.5 Å². The standard InChI is InChI=1S/C21H24N4O3S2/c1-13-7-8-17-23-18(22-9-10-26)15(19(27)24(17)12-13)11-16-20(28)25(21(29)30-16)14-5-3-2-4-6-14/h7-8,11-12,14,22,26H,2-6,9-10H2,1H3/b16-11+. The molecule has 3 heterocycles. The van der Waals surface area contributed by atoms with E-state index in [-0.39, 0.29) is 36.2 Å². The minimum Gasteiger partial charge on any atom is -0.395 e. The first-order chi connectivity index (χ1) is 14.5. The first-order valence-electron chi connectivity index (χ1n) is 10.1. The van der Waals surface area contributed by atoms with Gasteiger partial charge in [-0.15, -0.1) is 0 Å². The predicted octanol–water partition coefficient (Wildman–Crippen LogP) is 2.94. The van der Waals surface area contributed by atoms with Crippen molar-refractivity contribution in [3.63, 3.8) is 0 Å². The number of pyridine rings is 1. The quantitative estimate of drug-likeness (QED) is 0.542. The van der Waals surface area contributed by atoms with Crippen molar-refractivity contribution in [3.05, 3.63) is 44.7 Å². The van der Waals surface area contributed by atoms with Crippen LogP contribution in [0.2, 0.25) is 0 Å². The summed E-state index contributed by atoms with van der Waals surface area (Å²) in [5.41, 5.74) is 1.44. The second-order valence-corrected chi connectivity index (χ2v) is 9.28. The maximum Gasteiger partial charge on any atom is 0.267 e. The number of hydrogen-bond donors (Lipinski definition) is 2. The van der Waals surface area contributed by atoms with Crippen molar-refractivity contribution in [2.75, 3.05) is 18.5 Å². The lowest BCUT2D eigenvalue weighted by Crippen LogP contribution is -2.39. The maximum atomic E-state index is 13.2. The van der Waals surface area contributed by atoms with Gasteiger partial charge in [-0.1, -0.05) is 49.3 Å². The molecule has 0 unspecified atom stereocenters. The van der Waals surface area contributed by atoms with Gasteiger partial charge in [-0.25, -0.2) is 4.98 Å². The highest BCUT2D eigenvalue weighted by Gasteiger charge is 2.37. The van der Waals surface area contributed by atoms with Gasteiger partial charge >= 0.3 is 0 Å². The predicted molar refractivity (Wildman–Crippen MR) is 124 cm³/mol. The van der Waals surface area contributed by atoms with Crippen molar-refractivity contribution in [2.45, 2.75) is 45.1 Å².